The van der Waals surface area contributed by atoms with E-state index in [2.05, 4.69) is 15.1 Å². The van der Waals surface area contributed by atoms with E-state index in [1.54, 1.807) is 6.26 Å². The van der Waals surface area contributed by atoms with Crippen LogP contribution in [-0.4, -0.2) is 87.5 Å². The van der Waals surface area contributed by atoms with Gasteiger partial charge in [-0.2, -0.15) is 0 Å². The zero-order chi connectivity index (χ0) is 18.7. The number of ether oxygens (including phenoxy) is 2. The van der Waals surface area contributed by atoms with E-state index >= 15 is 0 Å². The van der Waals surface area contributed by atoms with Crippen molar-refractivity contribution in [3.05, 3.63) is 24.2 Å². The van der Waals surface area contributed by atoms with Crippen molar-refractivity contribution in [2.75, 3.05) is 65.7 Å². The van der Waals surface area contributed by atoms with Gasteiger partial charge in [0.2, 0.25) is 0 Å². The second kappa shape index (κ2) is 11.3. The molecule has 7 nitrogen and oxygen atoms in total. The van der Waals surface area contributed by atoms with E-state index in [4.69, 9.17) is 18.9 Å². The Balaban J connectivity index is 1.50. The number of hydrogen-bond acceptors (Lipinski definition) is 5. The number of nitrogens with zero attached hydrogens (tertiary/aromatic N) is 3. The van der Waals surface area contributed by atoms with Crippen LogP contribution in [0.25, 0.3) is 0 Å². The predicted octanol–water partition coefficient (Wildman–Crippen LogP) is 1.60. The summed E-state index contributed by atoms with van der Waals surface area (Å²) in [6.45, 7) is 11.1. The van der Waals surface area contributed by atoms with Crippen molar-refractivity contribution in [3.8, 4) is 0 Å². The van der Waals surface area contributed by atoms with E-state index in [9.17, 15) is 0 Å². The molecule has 0 saturated carbocycles. The Hall–Kier alpha value is -1.57. The lowest BCUT2D eigenvalue weighted by Gasteiger charge is -2.32. The Labute approximate surface area is 162 Å². The first-order chi connectivity index (χ1) is 13.4. The van der Waals surface area contributed by atoms with Crippen LogP contribution in [0.15, 0.2) is 27.8 Å². The highest BCUT2D eigenvalue weighted by atomic mass is 16.5. The molecule has 27 heavy (non-hydrogen) atoms. The van der Waals surface area contributed by atoms with Gasteiger partial charge in [0.15, 0.2) is 5.96 Å². The number of nitrogens with one attached hydrogen (secondary N) is 1. The Morgan fingerprint density at radius 1 is 1.33 bits per heavy atom. The molecule has 0 spiro atoms. The average Bonchev–Trinajstić information content (AvgIpc) is 3.39. The molecule has 1 atom stereocenters. The molecule has 0 bridgehead atoms. The summed E-state index contributed by atoms with van der Waals surface area (Å²) in [4.78, 5) is 9.83. The number of rotatable bonds is 9. The molecule has 7 heteroatoms. The van der Waals surface area contributed by atoms with E-state index < -0.39 is 0 Å². The smallest absolute Gasteiger partial charge is 0.193 e. The van der Waals surface area contributed by atoms with Crippen LogP contribution in [-0.2, 0) is 15.9 Å². The molecule has 0 radical (unpaired) electrons. The molecule has 0 amide bonds. The van der Waals surface area contributed by atoms with Crippen LogP contribution in [0.3, 0.4) is 0 Å². The van der Waals surface area contributed by atoms with Gasteiger partial charge >= 0.3 is 0 Å². The Kier molecular flexibility index (Phi) is 8.45. The highest BCUT2D eigenvalue weighted by Gasteiger charge is 2.30. The van der Waals surface area contributed by atoms with E-state index in [0.717, 1.165) is 90.3 Å². The fourth-order valence-corrected chi connectivity index (χ4v) is 3.69. The second-order valence-corrected chi connectivity index (χ2v) is 7.05. The molecule has 2 fully saturated rings. The lowest BCUT2D eigenvalue weighted by atomic mass is 10.2. The maximum Gasteiger partial charge on any atom is 0.193 e. The molecule has 2 aliphatic heterocycles. The molecule has 2 aliphatic rings. The predicted molar refractivity (Wildman–Crippen MR) is 106 cm³/mol. The number of morpholine rings is 1. The monoisotopic (exact) mass is 378 g/mol. The van der Waals surface area contributed by atoms with Gasteiger partial charge in [-0.3, -0.25) is 9.89 Å². The maximum atomic E-state index is 5.50. The van der Waals surface area contributed by atoms with E-state index in [-0.39, 0.29) is 0 Å². The molecule has 1 aromatic rings. The number of guanidine groups is 1. The van der Waals surface area contributed by atoms with Crippen molar-refractivity contribution in [2.45, 2.75) is 32.2 Å². The van der Waals surface area contributed by atoms with Crippen LogP contribution < -0.4 is 5.32 Å². The van der Waals surface area contributed by atoms with Gasteiger partial charge in [-0.25, -0.2) is 0 Å². The Morgan fingerprint density at radius 2 is 2.22 bits per heavy atom. The lowest BCUT2D eigenvalue weighted by Crippen LogP contribution is -2.47. The molecule has 0 aliphatic carbocycles. The number of likely N-dealkylation sites (tertiary alicyclic amines) is 1. The minimum atomic E-state index is 0.606. The van der Waals surface area contributed by atoms with Gasteiger partial charge in [0, 0.05) is 64.9 Å². The molecule has 152 valence electrons. The topological polar surface area (TPSA) is 62.5 Å². The van der Waals surface area contributed by atoms with Crippen molar-refractivity contribution in [2.24, 2.45) is 4.99 Å². The normalized spacial score (nSPS) is 21.7. The van der Waals surface area contributed by atoms with Crippen molar-refractivity contribution in [1.29, 1.82) is 0 Å². The number of furan rings is 1. The minimum absolute atomic E-state index is 0.606. The SMILES string of the molecule is CCOCCCN=C(NCCc1ccco1)N1CCC(N2CCOCC2)C1. The molecule has 1 aromatic heterocycles. The van der Waals surface area contributed by atoms with Gasteiger partial charge < -0.3 is 24.1 Å². The third-order valence-corrected chi connectivity index (χ3v) is 5.17. The van der Waals surface area contributed by atoms with Crippen LogP contribution in [0.1, 0.15) is 25.5 Å². The number of aliphatic imine (C=N–C) groups is 1. The van der Waals surface area contributed by atoms with Gasteiger partial charge in [-0.05, 0) is 31.9 Å². The van der Waals surface area contributed by atoms with Gasteiger partial charge in [-0.15, -0.1) is 0 Å². The second-order valence-electron chi connectivity index (χ2n) is 7.05. The number of hydrogen-bond donors (Lipinski definition) is 1. The van der Waals surface area contributed by atoms with Gasteiger partial charge in [0.1, 0.15) is 5.76 Å². The van der Waals surface area contributed by atoms with Gasteiger partial charge in [0.25, 0.3) is 0 Å². The van der Waals surface area contributed by atoms with Gasteiger partial charge in [0.05, 0.1) is 19.5 Å². The van der Waals surface area contributed by atoms with Crippen molar-refractivity contribution in [3.63, 3.8) is 0 Å². The van der Waals surface area contributed by atoms with Gasteiger partial charge in [-0.1, -0.05) is 0 Å². The average molecular weight is 379 g/mol. The minimum Gasteiger partial charge on any atom is -0.469 e. The maximum absolute atomic E-state index is 5.50. The Bertz CT molecular complexity index is 543. The fraction of sp³-hybridized carbons (Fsp3) is 0.750. The Morgan fingerprint density at radius 3 is 3.00 bits per heavy atom. The molecule has 3 heterocycles. The largest absolute Gasteiger partial charge is 0.469 e. The van der Waals surface area contributed by atoms with Crippen molar-refractivity contribution >= 4 is 5.96 Å². The summed E-state index contributed by atoms with van der Waals surface area (Å²) in [5.74, 6) is 2.03. The summed E-state index contributed by atoms with van der Waals surface area (Å²) < 4.78 is 16.4. The third kappa shape index (κ3) is 6.52. The van der Waals surface area contributed by atoms with Crippen molar-refractivity contribution < 1.29 is 13.9 Å². The van der Waals surface area contributed by atoms with E-state index in [1.807, 2.05) is 19.1 Å². The summed E-state index contributed by atoms with van der Waals surface area (Å²) in [6, 6.07) is 4.56. The van der Waals surface area contributed by atoms with Crippen LogP contribution in [0.5, 0.6) is 0 Å². The first kappa shape index (κ1) is 20.2. The zero-order valence-electron chi connectivity index (χ0n) is 16.6. The molecular formula is C20H34N4O3. The van der Waals surface area contributed by atoms with Crippen LogP contribution in [0.2, 0.25) is 0 Å². The van der Waals surface area contributed by atoms with Crippen LogP contribution in [0.4, 0.5) is 0 Å². The fourth-order valence-electron chi connectivity index (χ4n) is 3.69. The summed E-state index contributed by atoms with van der Waals surface area (Å²) in [5.41, 5.74) is 0. The standard InChI is InChI=1S/C20H34N4O3/c1-2-25-13-4-8-21-20(22-9-6-19-5-3-14-27-19)24-10-7-18(17-24)23-11-15-26-16-12-23/h3,5,14,18H,2,4,6-13,15-17H2,1H3,(H,21,22). The third-order valence-electron chi connectivity index (χ3n) is 5.17. The lowest BCUT2D eigenvalue weighted by molar-refractivity contribution is 0.0195. The highest BCUT2D eigenvalue weighted by molar-refractivity contribution is 5.80. The molecule has 1 unspecified atom stereocenters. The zero-order valence-corrected chi connectivity index (χ0v) is 16.6. The quantitative estimate of drug-likeness (QED) is 0.400. The molecule has 0 aromatic carbocycles. The summed E-state index contributed by atoms with van der Waals surface area (Å²) in [6.07, 6.45) is 4.74. The van der Waals surface area contributed by atoms with E-state index in [1.165, 1.54) is 6.42 Å². The summed E-state index contributed by atoms with van der Waals surface area (Å²) >= 11 is 0. The molecule has 2 saturated heterocycles. The first-order valence-corrected chi connectivity index (χ1v) is 10.3. The molecular weight excluding hydrogens is 344 g/mol. The summed E-state index contributed by atoms with van der Waals surface area (Å²) in [5, 5.41) is 3.55. The summed E-state index contributed by atoms with van der Waals surface area (Å²) in [7, 11) is 0. The first-order valence-electron chi connectivity index (χ1n) is 10.3. The van der Waals surface area contributed by atoms with Crippen molar-refractivity contribution in [1.82, 2.24) is 15.1 Å². The highest BCUT2D eigenvalue weighted by Crippen LogP contribution is 2.17. The van der Waals surface area contributed by atoms with Crippen LogP contribution >= 0.6 is 0 Å². The van der Waals surface area contributed by atoms with E-state index in [0.29, 0.717) is 6.04 Å². The molecule has 1 N–H and O–H groups in total. The van der Waals surface area contributed by atoms with Crippen LogP contribution in [0, 0.1) is 0 Å². The molecule has 3 rings (SSSR count).